The molecule has 1 saturated carbocycles. The maximum atomic E-state index is 14.2. The number of pyridine rings is 1. The minimum absolute atomic E-state index is 0.140. The number of aromatic nitrogens is 3. The predicted molar refractivity (Wildman–Crippen MR) is 158 cm³/mol. The quantitative estimate of drug-likeness (QED) is 0.151. The van der Waals surface area contributed by atoms with Gasteiger partial charge < -0.3 is 19.5 Å². The third kappa shape index (κ3) is 7.09. The van der Waals surface area contributed by atoms with E-state index in [0.717, 1.165) is 49.4 Å². The number of benzene rings is 2. The minimum atomic E-state index is -5.12. The smallest absolute Gasteiger partial charge is 0.488 e. The number of hydrogen-bond acceptors (Lipinski definition) is 6. The van der Waals surface area contributed by atoms with Gasteiger partial charge in [-0.25, -0.2) is 14.5 Å². The molecule has 0 spiro atoms. The van der Waals surface area contributed by atoms with E-state index >= 15 is 0 Å². The zero-order valence-corrected chi connectivity index (χ0v) is 25.1. The first-order valence-corrected chi connectivity index (χ1v) is 15.0. The lowest BCUT2D eigenvalue weighted by atomic mass is 9.89. The van der Waals surface area contributed by atoms with Gasteiger partial charge in [0.05, 0.1) is 17.5 Å². The Morgan fingerprint density at radius 1 is 0.875 bits per heavy atom. The number of amides is 1. The molecule has 1 aliphatic heterocycles. The molecule has 1 N–H and O–H groups in total. The summed E-state index contributed by atoms with van der Waals surface area (Å²) in [6.45, 7) is 1.13. The van der Waals surface area contributed by atoms with Gasteiger partial charge >= 0.3 is 18.5 Å². The lowest BCUT2D eigenvalue weighted by Crippen LogP contribution is -2.38. The van der Waals surface area contributed by atoms with Crippen LogP contribution in [0.3, 0.4) is 0 Å². The van der Waals surface area contributed by atoms with E-state index in [0.29, 0.717) is 29.5 Å². The Kier molecular flexibility index (Phi) is 8.79. The van der Waals surface area contributed by atoms with Crippen LogP contribution in [-0.4, -0.2) is 49.9 Å². The van der Waals surface area contributed by atoms with Gasteiger partial charge in [0.15, 0.2) is 17.3 Å². The molecular weight excluding hydrogens is 646 g/mol. The number of para-hydroxylation sites is 1. The lowest BCUT2D eigenvalue weighted by Gasteiger charge is -2.32. The Morgan fingerprint density at radius 3 is 2.19 bits per heavy atom. The van der Waals surface area contributed by atoms with Crippen LogP contribution in [0.1, 0.15) is 54.0 Å². The van der Waals surface area contributed by atoms with Crippen LogP contribution >= 0.6 is 0 Å². The van der Waals surface area contributed by atoms with E-state index in [1.54, 1.807) is 12.1 Å². The number of rotatable bonds is 8. The molecule has 0 radical (unpaired) electrons. The van der Waals surface area contributed by atoms with Gasteiger partial charge in [0.1, 0.15) is 12.4 Å². The van der Waals surface area contributed by atoms with E-state index < -0.39 is 47.1 Å². The topological polar surface area (TPSA) is 107 Å². The second-order valence-corrected chi connectivity index (χ2v) is 11.6. The summed E-state index contributed by atoms with van der Waals surface area (Å²) in [6.07, 6.45) is -7.85. The summed E-state index contributed by atoms with van der Waals surface area (Å²) in [7, 11) is 0. The van der Waals surface area contributed by atoms with E-state index in [1.807, 2.05) is 17.0 Å². The van der Waals surface area contributed by atoms with E-state index in [2.05, 4.69) is 14.8 Å². The van der Waals surface area contributed by atoms with Crippen LogP contribution in [0.25, 0.3) is 17.1 Å². The Labute approximate surface area is 269 Å². The molecule has 15 heteroatoms. The van der Waals surface area contributed by atoms with Gasteiger partial charge in [0.25, 0.3) is 0 Å². The molecule has 1 saturated heterocycles. The normalized spacial score (nSPS) is 15.8. The molecule has 1 amide bonds. The molecule has 2 aliphatic rings. The minimum Gasteiger partial charge on any atom is -0.488 e. The molecule has 1 aliphatic carbocycles. The molecule has 2 fully saturated rings. The van der Waals surface area contributed by atoms with Gasteiger partial charge in [-0.3, -0.25) is 4.79 Å². The number of hydrogen-bond donors (Lipinski definition) is 1. The van der Waals surface area contributed by atoms with Crippen LogP contribution in [-0.2, 0) is 23.8 Å². The zero-order valence-electron chi connectivity index (χ0n) is 25.1. The second-order valence-electron chi connectivity index (χ2n) is 11.6. The van der Waals surface area contributed by atoms with Gasteiger partial charge in [-0.2, -0.15) is 31.4 Å². The first-order chi connectivity index (χ1) is 22.8. The summed E-state index contributed by atoms with van der Waals surface area (Å²) in [6, 6.07) is 14.3. The van der Waals surface area contributed by atoms with E-state index in [9.17, 15) is 35.9 Å². The fraction of sp³-hybridized carbons (Fsp3) is 0.333. The molecule has 3 heterocycles. The highest BCUT2D eigenvalue weighted by Crippen LogP contribution is 2.43. The first kappa shape index (κ1) is 32.8. The highest BCUT2D eigenvalue weighted by molar-refractivity contribution is 5.81. The molecule has 9 nitrogen and oxygen atoms in total. The molecule has 2 aromatic heterocycles. The van der Waals surface area contributed by atoms with Crippen molar-refractivity contribution in [2.24, 2.45) is 5.92 Å². The molecule has 0 unspecified atom stereocenters. The largest absolute Gasteiger partial charge is 0.511 e. The monoisotopic (exact) mass is 674 g/mol. The standard InChI is InChI=1S/C33H28F6N4O5/c34-32(35,36)24-4-1-3-23(25-5-2-6-27(41-25)43-29(33(37,38)39)26(17-40-43)48-31(45)46)28(24)47-18-19-7-9-20(10-8-19)21-13-15-42(16-14-21)30(44)22-11-12-22/h1-10,17,21-22H,11-16,18H2,(H,45,46). The number of nitrogens with zero attached hydrogens (tertiary/aromatic N) is 4. The lowest BCUT2D eigenvalue weighted by molar-refractivity contribution is -0.144. The highest BCUT2D eigenvalue weighted by atomic mass is 19.4. The average molecular weight is 675 g/mol. The Bertz CT molecular complexity index is 1810. The summed E-state index contributed by atoms with van der Waals surface area (Å²) >= 11 is 0. The number of alkyl halides is 6. The van der Waals surface area contributed by atoms with Crippen molar-refractivity contribution in [2.45, 2.75) is 50.6 Å². The molecule has 48 heavy (non-hydrogen) atoms. The van der Waals surface area contributed by atoms with E-state index in [4.69, 9.17) is 9.84 Å². The van der Waals surface area contributed by atoms with Crippen LogP contribution < -0.4 is 9.47 Å². The van der Waals surface area contributed by atoms with Crippen molar-refractivity contribution in [2.75, 3.05) is 13.1 Å². The van der Waals surface area contributed by atoms with Crippen LogP contribution in [0.4, 0.5) is 31.1 Å². The van der Waals surface area contributed by atoms with Crippen molar-refractivity contribution in [1.82, 2.24) is 19.7 Å². The number of ether oxygens (including phenoxy) is 2. The maximum Gasteiger partial charge on any atom is 0.511 e. The Balaban J connectivity index is 1.24. The van der Waals surface area contributed by atoms with Gasteiger partial charge in [-0.1, -0.05) is 36.4 Å². The summed E-state index contributed by atoms with van der Waals surface area (Å²) in [5.41, 5.74) is -1.33. The summed E-state index contributed by atoms with van der Waals surface area (Å²) in [5, 5.41) is 12.4. The van der Waals surface area contributed by atoms with Gasteiger partial charge in [-0.05, 0) is 67.0 Å². The first-order valence-electron chi connectivity index (χ1n) is 15.0. The second kappa shape index (κ2) is 12.8. The number of carbonyl (C=O) groups excluding carboxylic acids is 1. The molecule has 252 valence electrons. The SMILES string of the molecule is O=C(O)Oc1cnn(-c2cccc(-c3cccc(C(F)(F)F)c3OCc3ccc(C4CCN(C(=O)C5CC5)CC4)cc3)n2)c1C(F)(F)F. The third-order valence-electron chi connectivity index (χ3n) is 8.32. The van der Waals surface area contributed by atoms with E-state index in [1.165, 1.54) is 18.2 Å². The summed E-state index contributed by atoms with van der Waals surface area (Å²) in [4.78, 5) is 29.4. The van der Waals surface area contributed by atoms with Crippen molar-refractivity contribution >= 4 is 12.1 Å². The van der Waals surface area contributed by atoms with Gasteiger partial charge in [0, 0.05) is 24.6 Å². The predicted octanol–water partition coefficient (Wildman–Crippen LogP) is 7.72. The fourth-order valence-electron chi connectivity index (χ4n) is 5.81. The third-order valence-corrected chi connectivity index (χ3v) is 8.32. The molecule has 6 rings (SSSR count). The fourth-order valence-corrected chi connectivity index (χ4v) is 5.81. The molecule has 4 aromatic rings. The zero-order chi connectivity index (χ0) is 34.2. The average Bonchev–Trinajstić information content (AvgIpc) is 3.82. The molecular formula is C33H28F6N4O5. The Hall–Kier alpha value is -5.08. The summed E-state index contributed by atoms with van der Waals surface area (Å²) < 4.78 is 94.5. The van der Waals surface area contributed by atoms with Crippen molar-refractivity contribution in [3.05, 3.63) is 89.2 Å². The molecule has 0 atom stereocenters. The molecule has 2 aromatic carbocycles. The summed E-state index contributed by atoms with van der Waals surface area (Å²) in [5.74, 6) is -1.46. The van der Waals surface area contributed by atoms with Crippen molar-refractivity contribution in [1.29, 1.82) is 0 Å². The maximum absolute atomic E-state index is 14.2. The Morgan fingerprint density at radius 2 is 1.56 bits per heavy atom. The van der Waals surface area contributed by atoms with Crippen molar-refractivity contribution in [3.8, 4) is 28.6 Å². The van der Waals surface area contributed by atoms with Crippen molar-refractivity contribution in [3.63, 3.8) is 0 Å². The number of carboxylic acid groups (broad SMARTS) is 1. The number of likely N-dealkylation sites (tertiary alicyclic amines) is 1. The van der Waals surface area contributed by atoms with Gasteiger partial charge in [0.2, 0.25) is 5.91 Å². The van der Waals surface area contributed by atoms with Crippen LogP contribution in [0.2, 0.25) is 0 Å². The number of halogens is 6. The number of carbonyl (C=O) groups is 2. The van der Waals surface area contributed by atoms with Crippen molar-refractivity contribution < 1.29 is 50.5 Å². The van der Waals surface area contributed by atoms with E-state index in [-0.39, 0.29) is 35.6 Å². The highest BCUT2D eigenvalue weighted by Gasteiger charge is 2.41. The molecule has 0 bridgehead atoms. The van der Waals surface area contributed by atoms with Crippen LogP contribution in [0.15, 0.2) is 66.9 Å². The number of piperidine rings is 1. The van der Waals surface area contributed by atoms with Crippen LogP contribution in [0.5, 0.6) is 11.5 Å². The van der Waals surface area contributed by atoms with Gasteiger partial charge in [-0.15, -0.1) is 0 Å². The van der Waals surface area contributed by atoms with Crippen LogP contribution in [0, 0.1) is 5.92 Å².